The van der Waals surface area contributed by atoms with Gasteiger partial charge in [0, 0.05) is 5.02 Å². The lowest BCUT2D eigenvalue weighted by atomic mass is 9.90. The number of benzene rings is 2. The molecule has 0 radical (unpaired) electrons. The molecule has 2 aromatic carbocycles. The average molecular weight is 288 g/mol. The highest BCUT2D eigenvalue weighted by Crippen LogP contribution is 2.22. The van der Waals surface area contributed by atoms with Crippen LogP contribution in [0.3, 0.4) is 0 Å². The summed E-state index contributed by atoms with van der Waals surface area (Å²) in [6, 6.07) is 16.8. The minimum atomic E-state index is 0.556. The maximum absolute atomic E-state index is 6.28. The summed E-state index contributed by atoms with van der Waals surface area (Å²) in [5, 5.41) is 4.18. The van der Waals surface area contributed by atoms with E-state index in [-0.39, 0.29) is 0 Å². The van der Waals surface area contributed by atoms with Crippen molar-refractivity contribution in [1.29, 1.82) is 0 Å². The molecule has 1 unspecified atom stereocenters. The Morgan fingerprint density at radius 3 is 2.20 bits per heavy atom. The Bertz CT molecular complexity index is 503. The van der Waals surface area contributed by atoms with Crippen LogP contribution < -0.4 is 5.32 Å². The van der Waals surface area contributed by atoms with Gasteiger partial charge in [-0.1, -0.05) is 54.1 Å². The molecule has 1 N–H and O–H groups in total. The van der Waals surface area contributed by atoms with Gasteiger partial charge in [0.1, 0.15) is 0 Å². The quantitative estimate of drug-likeness (QED) is 0.837. The second kappa shape index (κ2) is 7.47. The molecule has 106 valence electrons. The lowest BCUT2D eigenvalue weighted by molar-refractivity contribution is 0.492. The molecule has 0 spiro atoms. The van der Waals surface area contributed by atoms with Crippen molar-refractivity contribution in [2.75, 3.05) is 13.6 Å². The maximum atomic E-state index is 6.28. The number of hydrogen-bond donors (Lipinski definition) is 1. The molecule has 0 saturated heterocycles. The Balaban J connectivity index is 2.12. The van der Waals surface area contributed by atoms with Crippen molar-refractivity contribution in [3.8, 4) is 0 Å². The van der Waals surface area contributed by atoms with Gasteiger partial charge in [-0.3, -0.25) is 0 Å². The van der Waals surface area contributed by atoms with Crippen molar-refractivity contribution in [2.45, 2.75) is 19.8 Å². The van der Waals surface area contributed by atoms with Gasteiger partial charge in [-0.2, -0.15) is 0 Å². The van der Waals surface area contributed by atoms with E-state index in [1.807, 2.05) is 19.2 Å². The van der Waals surface area contributed by atoms with Gasteiger partial charge in [-0.05, 0) is 62.0 Å². The normalized spacial score (nSPS) is 12.3. The summed E-state index contributed by atoms with van der Waals surface area (Å²) in [7, 11) is 2.01. The minimum Gasteiger partial charge on any atom is -0.319 e. The van der Waals surface area contributed by atoms with Crippen LogP contribution in [-0.4, -0.2) is 13.6 Å². The number of aryl methyl sites for hydroxylation is 1. The summed E-state index contributed by atoms with van der Waals surface area (Å²) < 4.78 is 0. The topological polar surface area (TPSA) is 12.0 Å². The fourth-order valence-electron chi connectivity index (χ4n) is 2.63. The molecular weight excluding hydrogens is 266 g/mol. The van der Waals surface area contributed by atoms with E-state index >= 15 is 0 Å². The predicted octanol–water partition coefficient (Wildman–Crippen LogP) is 4.27. The number of rotatable bonds is 6. The van der Waals surface area contributed by atoms with Crippen LogP contribution in [0.5, 0.6) is 0 Å². The van der Waals surface area contributed by atoms with Gasteiger partial charge in [0.2, 0.25) is 0 Å². The Hall–Kier alpha value is -1.31. The van der Waals surface area contributed by atoms with Crippen LogP contribution in [0.4, 0.5) is 0 Å². The van der Waals surface area contributed by atoms with E-state index in [4.69, 9.17) is 11.6 Å². The van der Waals surface area contributed by atoms with Gasteiger partial charge in [0.25, 0.3) is 0 Å². The third-order valence-electron chi connectivity index (χ3n) is 3.73. The largest absolute Gasteiger partial charge is 0.319 e. The van der Waals surface area contributed by atoms with E-state index in [1.54, 1.807) is 0 Å². The van der Waals surface area contributed by atoms with Gasteiger partial charge in [0.15, 0.2) is 0 Å². The van der Waals surface area contributed by atoms with E-state index in [0.29, 0.717) is 5.92 Å². The molecule has 2 heteroatoms. The Kier molecular flexibility index (Phi) is 5.63. The summed E-state index contributed by atoms with van der Waals surface area (Å²) in [6.07, 6.45) is 2.09. The second-order valence-electron chi connectivity index (χ2n) is 5.35. The standard InChI is InChI=1S/C18H22ClN/c1-14-7-3-4-8-16(14)11-15(13-20-2)12-17-9-5-6-10-18(17)19/h3-10,15,20H,11-13H2,1-2H3. The monoisotopic (exact) mass is 287 g/mol. The predicted molar refractivity (Wildman–Crippen MR) is 87.5 cm³/mol. The Labute approximate surface area is 127 Å². The lowest BCUT2D eigenvalue weighted by Crippen LogP contribution is -2.23. The molecule has 2 aromatic rings. The summed E-state index contributed by atoms with van der Waals surface area (Å²) in [5.74, 6) is 0.556. The average Bonchev–Trinajstić information content (AvgIpc) is 2.44. The highest BCUT2D eigenvalue weighted by Gasteiger charge is 2.13. The van der Waals surface area contributed by atoms with Gasteiger partial charge >= 0.3 is 0 Å². The molecule has 0 amide bonds. The molecular formula is C18H22ClN. The second-order valence-corrected chi connectivity index (χ2v) is 5.76. The van der Waals surface area contributed by atoms with Crippen molar-refractivity contribution in [2.24, 2.45) is 5.92 Å². The third kappa shape index (κ3) is 4.09. The molecule has 0 aliphatic carbocycles. The van der Waals surface area contributed by atoms with Crippen LogP contribution in [0.1, 0.15) is 16.7 Å². The zero-order valence-electron chi connectivity index (χ0n) is 12.2. The van der Waals surface area contributed by atoms with E-state index in [2.05, 4.69) is 48.6 Å². The van der Waals surface area contributed by atoms with Gasteiger partial charge in [0.05, 0.1) is 0 Å². The molecule has 0 aliphatic heterocycles. The molecule has 0 bridgehead atoms. The van der Waals surface area contributed by atoms with Gasteiger partial charge in [-0.25, -0.2) is 0 Å². The summed E-state index contributed by atoms with van der Waals surface area (Å²) in [5.41, 5.74) is 4.04. The van der Waals surface area contributed by atoms with E-state index in [9.17, 15) is 0 Å². The third-order valence-corrected chi connectivity index (χ3v) is 4.10. The smallest absolute Gasteiger partial charge is 0.0438 e. The van der Waals surface area contributed by atoms with Crippen molar-refractivity contribution < 1.29 is 0 Å². The van der Waals surface area contributed by atoms with Crippen LogP contribution >= 0.6 is 11.6 Å². The lowest BCUT2D eigenvalue weighted by Gasteiger charge is -2.18. The van der Waals surface area contributed by atoms with E-state index in [0.717, 1.165) is 24.4 Å². The number of halogens is 1. The summed E-state index contributed by atoms with van der Waals surface area (Å²) in [6.45, 7) is 3.18. The first kappa shape index (κ1) is 15.1. The number of hydrogen-bond acceptors (Lipinski definition) is 1. The summed E-state index contributed by atoms with van der Waals surface area (Å²) in [4.78, 5) is 0. The highest BCUT2D eigenvalue weighted by molar-refractivity contribution is 6.31. The van der Waals surface area contributed by atoms with E-state index in [1.165, 1.54) is 16.7 Å². The zero-order chi connectivity index (χ0) is 14.4. The molecule has 0 saturated carbocycles. The Morgan fingerprint density at radius 1 is 0.950 bits per heavy atom. The molecule has 20 heavy (non-hydrogen) atoms. The first-order valence-electron chi connectivity index (χ1n) is 7.13. The van der Waals surface area contributed by atoms with Crippen LogP contribution in [-0.2, 0) is 12.8 Å². The molecule has 1 nitrogen and oxygen atoms in total. The van der Waals surface area contributed by atoms with Gasteiger partial charge < -0.3 is 5.32 Å². The summed E-state index contributed by atoms with van der Waals surface area (Å²) >= 11 is 6.28. The van der Waals surface area contributed by atoms with E-state index < -0.39 is 0 Å². The maximum Gasteiger partial charge on any atom is 0.0438 e. The molecule has 0 aromatic heterocycles. The fourth-order valence-corrected chi connectivity index (χ4v) is 2.84. The van der Waals surface area contributed by atoms with Crippen molar-refractivity contribution in [3.05, 3.63) is 70.2 Å². The first-order chi connectivity index (χ1) is 9.70. The fraction of sp³-hybridized carbons (Fsp3) is 0.333. The van der Waals surface area contributed by atoms with Crippen LogP contribution in [0, 0.1) is 12.8 Å². The van der Waals surface area contributed by atoms with Crippen molar-refractivity contribution >= 4 is 11.6 Å². The molecule has 0 heterocycles. The number of nitrogens with one attached hydrogen (secondary N) is 1. The van der Waals surface area contributed by atoms with Crippen molar-refractivity contribution in [1.82, 2.24) is 5.32 Å². The highest BCUT2D eigenvalue weighted by atomic mass is 35.5. The molecule has 2 rings (SSSR count). The van der Waals surface area contributed by atoms with Crippen LogP contribution in [0.25, 0.3) is 0 Å². The van der Waals surface area contributed by atoms with Crippen molar-refractivity contribution in [3.63, 3.8) is 0 Å². The SMILES string of the molecule is CNCC(Cc1ccccc1C)Cc1ccccc1Cl. The van der Waals surface area contributed by atoms with Crippen LogP contribution in [0.2, 0.25) is 5.02 Å². The molecule has 0 fully saturated rings. The molecule has 1 atom stereocenters. The molecule has 0 aliphatic rings. The Morgan fingerprint density at radius 2 is 1.55 bits per heavy atom. The first-order valence-corrected chi connectivity index (χ1v) is 7.51. The minimum absolute atomic E-state index is 0.556. The van der Waals surface area contributed by atoms with Gasteiger partial charge in [-0.15, -0.1) is 0 Å². The zero-order valence-corrected chi connectivity index (χ0v) is 13.0. The van der Waals surface area contributed by atoms with Crippen LogP contribution in [0.15, 0.2) is 48.5 Å².